The summed E-state index contributed by atoms with van der Waals surface area (Å²) in [5.41, 5.74) is 2.33. The summed E-state index contributed by atoms with van der Waals surface area (Å²) in [6, 6.07) is 13.2. The molecule has 5 heteroatoms. The Morgan fingerprint density at radius 2 is 2.04 bits per heavy atom. The molecule has 0 amide bonds. The van der Waals surface area contributed by atoms with Gasteiger partial charge in [-0.2, -0.15) is 16.3 Å². The first kappa shape index (κ1) is 15.5. The normalized spacial score (nSPS) is 15.8. The molecule has 1 saturated carbocycles. The molecule has 0 radical (unpaired) electrons. The molecule has 1 fully saturated rings. The second-order valence-corrected chi connectivity index (χ2v) is 7.28. The van der Waals surface area contributed by atoms with E-state index in [1.54, 1.807) is 11.3 Å². The van der Waals surface area contributed by atoms with Crippen LogP contribution in [-0.2, 0) is 13.1 Å². The molecule has 1 aliphatic carbocycles. The van der Waals surface area contributed by atoms with Crippen LogP contribution in [-0.4, -0.2) is 21.1 Å². The van der Waals surface area contributed by atoms with Gasteiger partial charge >= 0.3 is 0 Å². The highest BCUT2D eigenvalue weighted by molar-refractivity contribution is 7.08. The van der Waals surface area contributed by atoms with Gasteiger partial charge in [-0.1, -0.05) is 35.5 Å². The van der Waals surface area contributed by atoms with Crippen LogP contribution < -0.4 is 0 Å². The average molecular weight is 339 g/mol. The van der Waals surface area contributed by atoms with Gasteiger partial charge in [0.2, 0.25) is 0 Å². The lowest BCUT2D eigenvalue weighted by Gasteiger charge is -2.28. The van der Waals surface area contributed by atoms with Gasteiger partial charge in [-0.05, 0) is 42.7 Å². The molecule has 0 aliphatic heterocycles. The monoisotopic (exact) mass is 339 g/mol. The summed E-state index contributed by atoms with van der Waals surface area (Å²) in [4.78, 5) is 7.05. The van der Waals surface area contributed by atoms with Crippen molar-refractivity contribution in [3.63, 3.8) is 0 Å². The van der Waals surface area contributed by atoms with E-state index in [1.807, 2.05) is 16.8 Å². The number of nitrogens with zero attached hydrogens (tertiary/aromatic N) is 3. The Hall–Kier alpha value is -1.98. The van der Waals surface area contributed by atoms with Crippen LogP contribution >= 0.6 is 11.3 Å². The van der Waals surface area contributed by atoms with Crippen molar-refractivity contribution >= 4 is 11.3 Å². The van der Waals surface area contributed by atoms with Crippen LogP contribution in [0.5, 0.6) is 0 Å². The number of aromatic nitrogens is 2. The zero-order chi connectivity index (χ0) is 16.4. The third kappa shape index (κ3) is 3.57. The Bertz CT molecular complexity index is 765. The quantitative estimate of drug-likeness (QED) is 0.631. The Morgan fingerprint density at radius 3 is 2.75 bits per heavy atom. The van der Waals surface area contributed by atoms with E-state index in [2.05, 4.69) is 52.3 Å². The molecule has 1 aliphatic rings. The summed E-state index contributed by atoms with van der Waals surface area (Å²) >= 11 is 1.64. The summed E-state index contributed by atoms with van der Waals surface area (Å²) < 4.78 is 5.43. The van der Waals surface area contributed by atoms with Gasteiger partial charge in [-0.15, -0.1) is 0 Å². The summed E-state index contributed by atoms with van der Waals surface area (Å²) in [6.45, 7) is 3.96. The van der Waals surface area contributed by atoms with Crippen LogP contribution in [0.1, 0.15) is 31.2 Å². The van der Waals surface area contributed by atoms with Crippen molar-refractivity contribution in [1.82, 2.24) is 15.0 Å². The molecular weight excluding hydrogens is 318 g/mol. The summed E-state index contributed by atoms with van der Waals surface area (Å²) in [7, 11) is 0. The van der Waals surface area contributed by atoms with E-state index >= 15 is 0 Å². The molecule has 0 spiro atoms. The molecule has 1 unspecified atom stereocenters. The standard InChI is InChI=1S/C19H21N3OS/c1-14(16-7-8-16)22(11-15-5-3-2-4-6-15)12-18-20-19(23-21-18)17-9-10-24-13-17/h2-6,9-10,13-14,16H,7-8,11-12H2,1H3. The highest BCUT2D eigenvalue weighted by Crippen LogP contribution is 2.36. The van der Waals surface area contributed by atoms with E-state index in [1.165, 1.54) is 18.4 Å². The van der Waals surface area contributed by atoms with Crippen LogP contribution in [0.4, 0.5) is 0 Å². The maximum absolute atomic E-state index is 5.43. The van der Waals surface area contributed by atoms with E-state index in [0.717, 1.165) is 30.4 Å². The largest absolute Gasteiger partial charge is 0.334 e. The SMILES string of the molecule is CC(C1CC1)N(Cc1ccccc1)Cc1noc(-c2ccsc2)n1. The lowest BCUT2D eigenvalue weighted by molar-refractivity contribution is 0.165. The number of hydrogen-bond donors (Lipinski definition) is 0. The second kappa shape index (κ2) is 6.87. The van der Waals surface area contributed by atoms with Crippen LogP contribution in [0.2, 0.25) is 0 Å². The number of rotatable bonds is 7. The van der Waals surface area contributed by atoms with Gasteiger partial charge in [-0.25, -0.2) is 0 Å². The predicted octanol–water partition coefficient (Wildman–Crippen LogP) is 4.60. The van der Waals surface area contributed by atoms with Crippen LogP contribution in [0.15, 0.2) is 51.7 Å². The second-order valence-electron chi connectivity index (χ2n) is 6.50. The number of thiophene rings is 1. The fourth-order valence-electron chi connectivity index (χ4n) is 3.04. The number of benzene rings is 1. The minimum atomic E-state index is 0.535. The molecule has 0 saturated heterocycles. The van der Waals surface area contributed by atoms with Crippen molar-refractivity contribution in [3.8, 4) is 11.5 Å². The van der Waals surface area contributed by atoms with Gasteiger partial charge in [0.1, 0.15) is 0 Å². The molecule has 124 valence electrons. The fourth-order valence-corrected chi connectivity index (χ4v) is 3.67. The molecule has 0 N–H and O–H groups in total. The highest BCUT2D eigenvalue weighted by atomic mass is 32.1. The van der Waals surface area contributed by atoms with E-state index in [0.29, 0.717) is 11.9 Å². The first-order chi connectivity index (χ1) is 11.8. The van der Waals surface area contributed by atoms with Crippen molar-refractivity contribution in [2.24, 2.45) is 5.92 Å². The fraction of sp³-hybridized carbons (Fsp3) is 0.368. The van der Waals surface area contributed by atoms with Crippen LogP contribution in [0.25, 0.3) is 11.5 Å². The molecule has 3 aromatic rings. The van der Waals surface area contributed by atoms with E-state index in [9.17, 15) is 0 Å². The molecule has 1 atom stereocenters. The average Bonchev–Trinajstić information content (AvgIpc) is 3.11. The highest BCUT2D eigenvalue weighted by Gasteiger charge is 2.32. The third-order valence-electron chi connectivity index (χ3n) is 4.69. The molecule has 1 aromatic carbocycles. The Morgan fingerprint density at radius 1 is 1.21 bits per heavy atom. The maximum Gasteiger partial charge on any atom is 0.258 e. The topological polar surface area (TPSA) is 42.2 Å². The Balaban J connectivity index is 1.51. The third-order valence-corrected chi connectivity index (χ3v) is 5.37. The summed E-state index contributed by atoms with van der Waals surface area (Å²) in [5.74, 6) is 2.18. The molecular formula is C19H21N3OS. The van der Waals surface area contributed by atoms with E-state index in [4.69, 9.17) is 4.52 Å². The first-order valence-electron chi connectivity index (χ1n) is 8.43. The lowest BCUT2D eigenvalue weighted by Crippen LogP contribution is -2.34. The minimum Gasteiger partial charge on any atom is -0.334 e. The first-order valence-corrected chi connectivity index (χ1v) is 9.37. The van der Waals surface area contributed by atoms with Crippen molar-refractivity contribution in [2.75, 3.05) is 0 Å². The van der Waals surface area contributed by atoms with Crippen LogP contribution in [0, 0.1) is 5.92 Å². The lowest BCUT2D eigenvalue weighted by atomic mass is 10.1. The Labute approximate surface area is 146 Å². The van der Waals surface area contributed by atoms with E-state index < -0.39 is 0 Å². The van der Waals surface area contributed by atoms with Gasteiger partial charge in [-0.3, -0.25) is 4.90 Å². The molecule has 2 aromatic heterocycles. The minimum absolute atomic E-state index is 0.535. The molecule has 24 heavy (non-hydrogen) atoms. The van der Waals surface area contributed by atoms with Crippen molar-refractivity contribution in [1.29, 1.82) is 0 Å². The zero-order valence-electron chi connectivity index (χ0n) is 13.8. The van der Waals surface area contributed by atoms with Crippen molar-refractivity contribution in [2.45, 2.75) is 38.9 Å². The Kier molecular flexibility index (Phi) is 4.45. The summed E-state index contributed by atoms with van der Waals surface area (Å²) in [5, 5.41) is 8.25. The van der Waals surface area contributed by atoms with Crippen molar-refractivity contribution < 1.29 is 4.52 Å². The van der Waals surface area contributed by atoms with Crippen molar-refractivity contribution in [3.05, 3.63) is 58.5 Å². The van der Waals surface area contributed by atoms with Gasteiger partial charge in [0.05, 0.1) is 12.1 Å². The summed E-state index contributed by atoms with van der Waals surface area (Å²) in [6.07, 6.45) is 2.66. The molecule has 4 rings (SSSR count). The van der Waals surface area contributed by atoms with Gasteiger partial charge < -0.3 is 4.52 Å². The van der Waals surface area contributed by atoms with E-state index in [-0.39, 0.29) is 0 Å². The molecule has 4 nitrogen and oxygen atoms in total. The van der Waals surface area contributed by atoms with Gasteiger partial charge in [0, 0.05) is 18.0 Å². The predicted molar refractivity (Wildman–Crippen MR) is 95.5 cm³/mol. The number of hydrogen-bond acceptors (Lipinski definition) is 5. The smallest absolute Gasteiger partial charge is 0.258 e. The molecule has 2 heterocycles. The van der Waals surface area contributed by atoms with Gasteiger partial charge in [0.15, 0.2) is 5.82 Å². The molecule has 0 bridgehead atoms. The maximum atomic E-state index is 5.43. The van der Waals surface area contributed by atoms with Crippen LogP contribution in [0.3, 0.4) is 0 Å². The van der Waals surface area contributed by atoms with Gasteiger partial charge in [0.25, 0.3) is 5.89 Å². The zero-order valence-corrected chi connectivity index (χ0v) is 14.6.